The third-order valence-electron chi connectivity index (χ3n) is 5.41. The van der Waals surface area contributed by atoms with Gasteiger partial charge in [0, 0.05) is 18.9 Å². The third kappa shape index (κ3) is 5.22. The van der Waals surface area contributed by atoms with E-state index in [1.165, 1.54) is 18.2 Å². The smallest absolute Gasteiger partial charge is 0.338 e. The molecule has 2 aliphatic rings. The Balaban J connectivity index is 1.49. The molecule has 2 atom stereocenters. The van der Waals surface area contributed by atoms with Gasteiger partial charge in [0.05, 0.1) is 11.3 Å². The van der Waals surface area contributed by atoms with Crippen LogP contribution in [0.2, 0.25) is 0 Å². The highest BCUT2D eigenvalue weighted by Gasteiger charge is 2.30. The summed E-state index contributed by atoms with van der Waals surface area (Å²) in [5, 5.41) is 4.94. The number of hydrogen-bond acceptors (Lipinski definition) is 6. The third-order valence-corrected chi connectivity index (χ3v) is 5.41. The summed E-state index contributed by atoms with van der Waals surface area (Å²) in [6, 6.07) is 5.28. The highest BCUT2D eigenvalue weighted by atomic mass is 16.5. The molecule has 0 spiro atoms. The number of benzene rings is 1. The van der Waals surface area contributed by atoms with Gasteiger partial charge in [0.1, 0.15) is 0 Å². The number of rotatable bonds is 5. The van der Waals surface area contributed by atoms with Crippen LogP contribution in [0.15, 0.2) is 24.3 Å². The number of anilines is 1. The number of nitrogens with zero attached hydrogens (tertiary/aromatic N) is 1. The molecular formula is C21H25N3O6. The van der Waals surface area contributed by atoms with E-state index in [-0.39, 0.29) is 41.9 Å². The SMILES string of the molecule is C[C@H]1CCCC[C@@H]1NC(=O)NC(=O)COC(=O)c1cccc(N2C(=O)CCC2=O)c1. The van der Waals surface area contributed by atoms with E-state index in [2.05, 4.69) is 17.6 Å². The molecule has 0 unspecified atom stereocenters. The molecule has 1 saturated heterocycles. The van der Waals surface area contributed by atoms with Crippen LogP contribution < -0.4 is 15.5 Å². The Kier molecular flexibility index (Phi) is 6.81. The minimum atomic E-state index is -0.799. The topological polar surface area (TPSA) is 122 Å². The van der Waals surface area contributed by atoms with Crippen LogP contribution in [0, 0.1) is 5.92 Å². The van der Waals surface area contributed by atoms with Gasteiger partial charge in [0.2, 0.25) is 11.8 Å². The van der Waals surface area contributed by atoms with Crippen molar-refractivity contribution < 1.29 is 28.7 Å². The molecular weight excluding hydrogens is 390 g/mol. The van der Waals surface area contributed by atoms with Crippen LogP contribution >= 0.6 is 0 Å². The van der Waals surface area contributed by atoms with E-state index in [0.717, 1.165) is 30.6 Å². The molecule has 0 bridgehead atoms. The second kappa shape index (κ2) is 9.51. The van der Waals surface area contributed by atoms with Gasteiger partial charge in [-0.1, -0.05) is 25.8 Å². The average Bonchev–Trinajstić information content (AvgIpc) is 3.06. The van der Waals surface area contributed by atoms with Gasteiger partial charge in [0.15, 0.2) is 6.61 Å². The van der Waals surface area contributed by atoms with Crippen molar-refractivity contribution in [3.05, 3.63) is 29.8 Å². The van der Waals surface area contributed by atoms with Crippen molar-refractivity contribution in [3.63, 3.8) is 0 Å². The molecule has 9 heteroatoms. The van der Waals surface area contributed by atoms with E-state index in [4.69, 9.17) is 4.74 Å². The first-order chi connectivity index (χ1) is 14.3. The van der Waals surface area contributed by atoms with Gasteiger partial charge in [0.25, 0.3) is 5.91 Å². The minimum absolute atomic E-state index is 0.0212. The largest absolute Gasteiger partial charge is 0.452 e. The normalized spacial score (nSPS) is 21.3. The Morgan fingerprint density at radius 1 is 1.10 bits per heavy atom. The Labute approximate surface area is 174 Å². The number of carbonyl (C=O) groups is 5. The van der Waals surface area contributed by atoms with Crippen molar-refractivity contribution in [2.75, 3.05) is 11.5 Å². The Morgan fingerprint density at radius 2 is 1.80 bits per heavy atom. The minimum Gasteiger partial charge on any atom is -0.452 e. The molecule has 3 rings (SSSR count). The van der Waals surface area contributed by atoms with E-state index >= 15 is 0 Å². The Hall–Kier alpha value is -3.23. The fourth-order valence-electron chi connectivity index (χ4n) is 3.75. The first kappa shape index (κ1) is 21.5. The quantitative estimate of drug-likeness (QED) is 0.560. The summed E-state index contributed by atoms with van der Waals surface area (Å²) in [7, 11) is 0. The predicted molar refractivity (Wildman–Crippen MR) is 107 cm³/mol. The molecule has 0 radical (unpaired) electrons. The van der Waals surface area contributed by atoms with Crippen LogP contribution in [0.4, 0.5) is 10.5 Å². The van der Waals surface area contributed by atoms with E-state index in [0.29, 0.717) is 5.92 Å². The predicted octanol–water partition coefficient (Wildman–Crippen LogP) is 1.90. The molecule has 1 aromatic carbocycles. The van der Waals surface area contributed by atoms with Crippen LogP contribution in [0.3, 0.4) is 0 Å². The summed E-state index contributed by atoms with van der Waals surface area (Å²) >= 11 is 0. The van der Waals surface area contributed by atoms with E-state index in [1.54, 1.807) is 6.07 Å². The van der Waals surface area contributed by atoms with E-state index in [9.17, 15) is 24.0 Å². The average molecular weight is 415 g/mol. The molecule has 2 fully saturated rings. The highest BCUT2D eigenvalue weighted by molar-refractivity contribution is 6.20. The molecule has 5 amide bonds. The summed E-state index contributed by atoms with van der Waals surface area (Å²) in [5.41, 5.74) is 0.371. The number of esters is 1. The molecule has 0 aromatic heterocycles. The lowest BCUT2D eigenvalue weighted by molar-refractivity contribution is -0.123. The van der Waals surface area contributed by atoms with Gasteiger partial charge < -0.3 is 10.1 Å². The summed E-state index contributed by atoms with van der Waals surface area (Å²) in [5.74, 6) is -1.86. The zero-order valence-corrected chi connectivity index (χ0v) is 16.8. The first-order valence-electron chi connectivity index (χ1n) is 10.1. The second-order valence-corrected chi connectivity index (χ2v) is 7.64. The van der Waals surface area contributed by atoms with E-state index in [1.807, 2.05) is 0 Å². The summed E-state index contributed by atoms with van der Waals surface area (Å²) < 4.78 is 4.95. The van der Waals surface area contributed by atoms with Gasteiger partial charge in [-0.15, -0.1) is 0 Å². The van der Waals surface area contributed by atoms with Crippen molar-refractivity contribution in [2.24, 2.45) is 5.92 Å². The molecule has 9 nitrogen and oxygen atoms in total. The summed E-state index contributed by atoms with van der Waals surface area (Å²) in [4.78, 5) is 60.9. The maximum atomic E-state index is 12.2. The van der Waals surface area contributed by atoms with Gasteiger partial charge in [-0.3, -0.25) is 24.6 Å². The highest BCUT2D eigenvalue weighted by Crippen LogP contribution is 2.24. The van der Waals surface area contributed by atoms with Crippen molar-refractivity contribution in [1.29, 1.82) is 0 Å². The summed E-state index contributed by atoms with van der Waals surface area (Å²) in [6.45, 7) is 1.43. The number of nitrogens with one attached hydrogen (secondary N) is 2. The van der Waals surface area contributed by atoms with Crippen LogP contribution in [0.25, 0.3) is 0 Å². The number of amides is 5. The first-order valence-corrected chi connectivity index (χ1v) is 10.1. The maximum Gasteiger partial charge on any atom is 0.338 e. The van der Waals surface area contributed by atoms with Crippen molar-refractivity contribution >= 4 is 35.4 Å². The number of carbonyl (C=O) groups excluding carboxylic acids is 5. The number of imide groups is 2. The van der Waals surface area contributed by atoms with Crippen molar-refractivity contribution in [1.82, 2.24) is 10.6 Å². The number of urea groups is 1. The standard InChI is InChI=1S/C21H25N3O6/c1-13-5-2-3-8-16(13)22-21(29)23-17(25)12-30-20(28)14-6-4-7-15(11-14)24-18(26)9-10-19(24)27/h4,6-7,11,13,16H,2-3,5,8-10,12H2,1H3,(H2,22,23,25,29)/t13-,16-/m0/s1. The van der Waals surface area contributed by atoms with Crippen molar-refractivity contribution in [2.45, 2.75) is 51.5 Å². The molecule has 30 heavy (non-hydrogen) atoms. The van der Waals surface area contributed by atoms with Gasteiger partial charge in [-0.25, -0.2) is 9.59 Å². The molecule has 1 aromatic rings. The van der Waals surface area contributed by atoms with Crippen LogP contribution in [0.1, 0.15) is 55.8 Å². The second-order valence-electron chi connectivity index (χ2n) is 7.64. The molecule has 1 saturated carbocycles. The molecule has 160 valence electrons. The lowest BCUT2D eigenvalue weighted by atomic mass is 9.86. The zero-order valence-electron chi connectivity index (χ0n) is 16.8. The van der Waals surface area contributed by atoms with Crippen molar-refractivity contribution in [3.8, 4) is 0 Å². The van der Waals surface area contributed by atoms with Gasteiger partial charge >= 0.3 is 12.0 Å². The van der Waals surface area contributed by atoms with E-state index < -0.39 is 24.5 Å². The van der Waals surface area contributed by atoms with Gasteiger partial charge in [-0.2, -0.15) is 0 Å². The lowest BCUT2D eigenvalue weighted by Crippen LogP contribution is -2.48. The van der Waals surface area contributed by atoms with Crippen LogP contribution in [-0.4, -0.2) is 42.4 Å². The monoisotopic (exact) mass is 415 g/mol. The molecule has 1 aliphatic heterocycles. The lowest BCUT2D eigenvalue weighted by Gasteiger charge is -2.29. The summed E-state index contributed by atoms with van der Waals surface area (Å²) in [6.07, 6.45) is 4.34. The van der Waals surface area contributed by atoms with Crippen LogP contribution in [0.5, 0.6) is 0 Å². The molecule has 1 heterocycles. The molecule has 2 N–H and O–H groups in total. The fraction of sp³-hybridized carbons (Fsp3) is 0.476. The molecule has 1 aliphatic carbocycles. The Bertz CT molecular complexity index is 852. The number of ether oxygens (including phenoxy) is 1. The number of hydrogen-bond donors (Lipinski definition) is 2. The van der Waals surface area contributed by atoms with Crippen LogP contribution in [-0.2, 0) is 19.1 Å². The fourth-order valence-corrected chi connectivity index (χ4v) is 3.75. The zero-order chi connectivity index (χ0) is 21.7. The maximum absolute atomic E-state index is 12.2. The Morgan fingerprint density at radius 3 is 2.50 bits per heavy atom. The van der Waals surface area contributed by atoms with Gasteiger partial charge in [-0.05, 0) is 37.0 Å².